The summed E-state index contributed by atoms with van der Waals surface area (Å²) in [5.41, 5.74) is -0.663. The van der Waals surface area contributed by atoms with Gasteiger partial charge in [-0.1, -0.05) is 58.5 Å². The minimum atomic E-state index is -1.22. The third-order valence-electron chi connectivity index (χ3n) is 15.2. The van der Waals surface area contributed by atoms with Crippen molar-refractivity contribution in [3.8, 4) is 0 Å². The van der Waals surface area contributed by atoms with Crippen LogP contribution in [-0.4, -0.2) is 226 Å². The molecule has 610 valence electrons. The lowest BCUT2D eigenvalue weighted by Gasteiger charge is -2.27. The Morgan fingerprint density at radius 1 is 0.418 bits per heavy atom. The molecule has 0 aliphatic rings. The largest absolute Gasteiger partial charge is 0.469 e. The fraction of sp³-hybridized carbons (Fsp3) is 0.568. The third-order valence-corrected chi connectivity index (χ3v) is 16.0. The number of rotatable bonds is 51. The van der Waals surface area contributed by atoms with Crippen molar-refractivity contribution in [1.29, 1.82) is 0 Å². The number of unbranched alkanes of at least 4 members (excludes halogenated alkanes) is 3. The molecule has 4 aromatic rings. The first kappa shape index (κ1) is 93.9. The van der Waals surface area contributed by atoms with Crippen LogP contribution in [0.15, 0.2) is 85.2 Å². The normalized spacial score (nSPS) is 12.4. The van der Waals surface area contributed by atoms with Crippen LogP contribution in [0, 0.1) is 0 Å². The summed E-state index contributed by atoms with van der Waals surface area (Å²) in [6.07, 6.45) is 3.99. The van der Waals surface area contributed by atoms with E-state index in [4.69, 9.17) is 93.8 Å². The number of carbonyl (C=O) groups is 10. The lowest BCUT2D eigenvalue weighted by Crippen LogP contribution is -2.50. The van der Waals surface area contributed by atoms with Crippen LogP contribution in [0.25, 0.3) is 0 Å². The van der Waals surface area contributed by atoms with Crippen molar-refractivity contribution < 1.29 is 95.3 Å². The van der Waals surface area contributed by atoms with Crippen molar-refractivity contribution in [1.82, 2.24) is 52.5 Å². The predicted octanol–water partition coefficient (Wildman–Crippen LogP) is 8.90. The lowest BCUT2D eigenvalue weighted by molar-refractivity contribution is -0.142. The van der Waals surface area contributed by atoms with Crippen molar-refractivity contribution in [3.63, 3.8) is 0 Å². The summed E-state index contributed by atoms with van der Waals surface area (Å²) in [6.45, 7) is 13.0. The highest BCUT2D eigenvalue weighted by molar-refractivity contribution is 6.35. The van der Waals surface area contributed by atoms with Crippen molar-refractivity contribution >= 4 is 118 Å². The van der Waals surface area contributed by atoms with Crippen molar-refractivity contribution in [3.05, 3.63) is 116 Å². The minimum absolute atomic E-state index is 0.0108. The van der Waals surface area contributed by atoms with Crippen LogP contribution in [0.1, 0.15) is 129 Å². The number of hydrogen-bond acceptors (Lipinski definition) is 22. The van der Waals surface area contributed by atoms with E-state index in [0.717, 1.165) is 0 Å². The standard InChI is InChI=1S/C74H106Cl4N12O20/c1-73(2,3)109-71(99)89(61-19-9-13-23-79-61)29-17-11-21-63(91)85-59(67(95)87-57(47-65(93)101-7)51-41-53(75)45-54(76)42-51)49-107-39-37-105-35-33-103-31-27-83-69(97)81-25-15-16-26-82-70(98)84-28-32-104-34-36-106-38-40-108-50-60(68(96)88-58(48-66(94)102-8)52-43-55(77)46-56(78)44-52)86-64(92)22-12-18-30-90(62-20-10-14-24-80-62)72(100)110-74(4,5)6/h9-10,13-14,19-20,23-24,41-46,57-60H,11-12,15-18,21-22,25-40,47-50H2,1-8H3,(H,85,91)(H,86,92)(H,87,95)(H,88,96)(H2,81,83,97)(H2,82,84,98). The van der Waals surface area contributed by atoms with Crippen molar-refractivity contribution in [2.24, 2.45) is 0 Å². The van der Waals surface area contributed by atoms with E-state index in [9.17, 15) is 47.9 Å². The molecule has 4 unspecified atom stereocenters. The van der Waals surface area contributed by atoms with Gasteiger partial charge in [0.1, 0.15) is 34.9 Å². The number of esters is 2. The van der Waals surface area contributed by atoms with Crippen molar-refractivity contribution in [2.45, 2.75) is 141 Å². The number of anilines is 2. The summed E-state index contributed by atoms with van der Waals surface area (Å²) < 4.78 is 54.9. The first-order valence-electron chi connectivity index (χ1n) is 36.1. The molecule has 0 bridgehead atoms. The number of aromatic nitrogens is 2. The topological polar surface area (TPSA) is 391 Å². The number of methoxy groups -OCH3 is 2. The molecule has 0 fully saturated rings. The van der Waals surface area contributed by atoms with Crippen LogP contribution in [0.2, 0.25) is 20.1 Å². The molecule has 0 saturated carbocycles. The van der Waals surface area contributed by atoms with E-state index in [2.05, 4.69) is 52.5 Å². The number of carbonyl (C=O) groups excluding carboxylic acids is 10. The average molecular weight is 1630 g/mol. The van der Waals surface area contributed by atoms with Gasteiger partial charge in [-0.15, -0.1) is 0 Å². The quantitative estimate of drug-likeness (QED) is 0.0116. The van der Waals surface area contributed by atoms with E-state index < -0.39 is 83.1 Å². The summed E-state index contributed by atoms with van der Waals surface area (Å²) in [5, 5.41) is 23.1. The number of nitrogens with one attached hydrogen (secondary N) is 8. The second kappa shape index (κ2) is 52.7. The van der Waals surface area contributed by atoms with Crippen LogP contribution in [0.5, 0.6) is 0 Å². The number of amides is 10. The van der Waals surface area contributed by atoms with Gasteiger partial charge < -0.3 is 89.9 Å². The average Bonchev–Trinajstić information content (AvgIpc) is 0.861. The Bertz CT molecular complexity index is 3210. The van der Waals surface area contributed by atoms with E-state index in [-0.39, 0.29) is 163 Å². The fourth-order valence-corrected chi connectivity index (χ4v) is 11.0. The molecule has 36 heteroatoms. The molecule has 4 rings (SSSR count). The molecule has 10 amide bonds. The van der Waals surface area contributed by atoms with Gasteiger partial charge in [0.2, 0.25) is 23.6 Å². The first-order valence-corrected chi connectivity index (χ1v) is 37.6. The Balaban J connectivity index is 1.07. The summed E-state index contributed by atoms with van der Waals surface area (Å²) in [7, 11) is 2.42. The molecule has 2 aromatic heterocycles. The zero-order valence-electron chi connectivity index (χ0n) is 63.7. The summed E-state index contributed by atoms with van der Waals surface area (Å²) in [6, 6.07) is 14.4. The van der Waals surface area contributed by atoms with Gasteiger partial charge >= 0.3 is 36.2 Å². The molecule has 0 aliphatic heterocycles. The fourth-order valence-electron chi connectivity index (χ4n) is 9.91. The summed E-state index contributed by atoms with van der Waals surface area (Å²) in [5.74, 6) is -2.75. The van der Waals surface area contributed by atoms with Gasteiger partial charge in [-0.2, -0.15) is 0 Å². The highest BCUT2D eigenvalue weighted by Crippen LogP contribution is 2.28. The number of ether oxygens (including phenoxy) is 10. The monoisotopic (exact) mass is 1620 g/mol. The maximum Gasteiger partial charge on any atom is 0.416 e. The maximum atomic E-state index is 13.9. The number of benzene rings is 2. The van der Waals surface area contributed by atoms with Gasteiger partial charge in [-0.3, -0.25) is 38.6 Å². The zero-order valence-corrected chi connectivity index (χ0v) is 66.7. The first-order chi connectivity index (χ1) is 52.5. The SMILES string of the molecule is COC(=O)CC(NC(=O)C(COCCOCCOCCNC(=O)NCCCCNC(=O)NCCOCCOCCOCC(NC(=O)CCCCN(C(=O)OC(C)(C)C)c1ccccn1)C(=O)NC(CC(=O)OC)c1cc(Cl)cc(Cl)c1)NC(=O)CCCCN(C(=O)OC(C)(C)C)c1ccccn1)c1cc(Cl)cc(Cl)c1. The lowest BCUT2D eigenvalue weighted by atomic mass is 10.0. The zero-order chi connectivity index (χ0) is 80.7. The highest BCUT2D eigenvalue weighted by atomic mass is 35.5. The van der Waals surface area contributed by atoms with Crippen LogP contribution >= 0.6 is 46.4 Å². The van der Waals surface area contributed by atoms with Gasteiger partial charge in [0.15, 0.2) is 0 Å². The van der Waals surface area contributed by atoms with Crippen LogP contribution in [0.3, 0.4) is 0 Å². The highest BCUT2D eigenvalue weighted by Gasteiger charge is 2.31. The van der Waals surface area contributed by atoms with E-state index >= 15 is 0 Å². The Kier molecular flexibility index (Phi) is 45.0. The maximum absolute atomic E-state index is 13.9. The van der Waals surface area contributed by atoms with E-state index in [1.54, 1.807) is 115 Å². The smallest absolute Gasteiger partial charge is 0.416 e. The summed E-state index contributed by atoms with van der Waals surface area (Å²) in [4.78, 5) is 142. The molecular formula is C74H106Cl4N12O20. The molecule has 0 saturated heterocycles. The summed E-state index contributed by atoms with van der Waals surface area (Å²) >= 11 is 25.1. The predicted molar refractivity (Wildman–Crippen MR) is 412 cm³/mol. The molecule has 32 nitrogen and oxygen atoms in total. The Hall–Kier alpha value is -8.44. The number of pyridine rings is 2. The van der Waals surface area contributed by atoms with Gasteiger partial charge in [0, 0.05) is 84.6 Å². The minimum Gasteiger partial charge on any atom is -0.469 e. The Morgan fingerprint density at radius 2 is 0.755 bits per heavy atom. The van der Waals surface area contributed by atoms with Gasteiger partial charge in [-0.05, 0) is 152 Å². The molecular weight excluding hydrogens is 1520 g/mol. The Labute approximate surface area is 662 Å². The number of urea groups is 2. The molecule has 0 spiro atoms. The molecule has 8 N–H and O–H groups in total. The molecule has 2 heterocycles. The number of nitrogens with zero attached hydrogens (tertiary/aromatic N) is 4. The third kappa shape index (κ3) is 41.6. The van der Waals surface area contributed by atoms with Crippen LogP contribution < -0.4 is 52.3 Å². The second-order valence-corrected chi connectivity index (χ2v) is 28.3. The van der Waals surface area contributed by atoms with Gasteiger partial charge in [0.05, 0.1) is 118 Å². The van der Waals surface area contributed by atoms with E-state index in [1.165, 1.54) is 36.2 Å². The van der Waals surface area contributed by atoms with Crippen LogP contribution in [-0.2, 0) is 76.1 Å². The second-order valence-electron chi connectivity index (χ2n) is 26.6. The van der Waals surface area contributed by atoms with Gasteiger partial charge in [-0.25, -0.2) is 29.1 Å². The number of halogens is 4. The number of hydrogen-bond donors (Lipinski definition) is 8. The molecule has 2 aromatic carbocycles. The molecule has 110 heavy (non-hydrogen) atoms. The van der Waals surface area contributed by atoms with Crippen LogP contribution in [0.4, 0.5) is 30.8 Å². The molecule has 0 aliphatic carbocycles. The molecule has 0 radical (unpaired) electrons. The Morgan fingerprint density at radius 3 is 1.08 bits per heavy atom. The van der Waals surface area contributed by atoms with Gasteiger partial charge in [0.25, 0.3) is 0 Å². The molecule has 4 atom stereocenters. The van der Waals surface area contributed by atoms with E-state index in [1.807, 2.05) is 0 Å². The van der Waals surface area contributed by atoms with Crippen molar-refractivity contribution in [2.75, 3.05) is 143 Å². The van der Waals surface area contributed by atoms with E-state index in [0.29, 0.717) is 74.4 Å².